The molecule has 0 bridgehead atoms. The van der Waals surface area contributed by atoms with Gasteiger partial charge in [-0.2, -0.15) is 0 Å². The van der Waals surface area contributed by atoms with Crippen molar-refractivity contribution in [3.63, 3.8) is 0 Å². The van der Waals surface area contributed by atoms with E-state index in [1.807, 2.05) is 68.4 Å². The van der Waals surface area contributed by atoms with E-state index < -0.39 is 28.5 Å². The highest BCUT2D eigenvalue weighted by Crippen LogP contribution is 2.23. The van der Waals surface area contributed by atoms with Crippen LogP contribution in [0.4, 0.5) is 5.69 Å². The third-order valence-corrected chi connectivity index (χ3v) is 8.25. The number of carbonyl (C=O) groups excluding carboxylic acids is 2. The molecule has 3 rings (SSSR count). The number of halogens is 1. The number of amides is 2. The lowest BCUT2D eigenvalue weighted by Gasteiger charge is -2.34. The first-order chi connectivity index (χ1) is 19.0. The quantitative estimate of drug-likeness (QED) is 0.294. The molecular formula is C30H36BrN3O5S. The van der Waals surface area contributed by atoms with Crippen LogP contribution in [0, 0.1) is 0 Å². The second-order valence-corrected chi connectivity index (χ2v) is 12.5. The van der Waals surface area contributed by atoms with Gasteiger partial charge in [0.05, 0.1) is 19.1 Å². The smallest absolute Gasteiger partial charge is 0.244 e. The molecule has 2 atom stereocenters. The van der Waals surface area contributed by atoms with Gasteiger partial charge in [0.15, 0.2) is 0 Å². The number of nitrogens with one attached hydrogen (secondary N) is 1. The summed E-state index contributed by atoms with van der Waals surface area (Å²) in [5, 5.41) is 3.02. The lowest BCUT2D eigenvalue weighted by atomic mass is 10.0. The van der Waals surface area contributed by atoms with E-state index in [1.54, 1.807) is 24.3 Å². The molecule has 0 unspecified atom stereocenters. The average Bonchev–Trinajstić information content (AvgIpc) is 2.94. The number of carbonyl (C=O) groups is 2. The van der Waals surface area contributed by atoms with Crippen molar-refractivity contribution in [3.8, 4) is 5.75 Å². The van der Waals surface area contributed by atoms with E-state index in [1.165, 1.54) is 12.0 Å². The molecule has 1 N–H and O–H groups in total. The third kappa shape index (κ3) is 8.82. The van der Waals surface area contributed by atoms with Crippen molar-refractivity contribution in [2.75, 3.05) is 24.2 Å². The van der Waals surface area contributed by atoms with Crippen LogP contribution in [-0.2, 0) is 32.6 Å². The summed E-state index contributed by atoms with van der Waals surface area (Å²) in [6.07, 6.45) is 2.05. The van der Waals surface area contributed by atoms with E-state index in [0.29, 0.717) is 11.4 Å². The van der Waals surface area contributed by atoms with Crippen molar-refractivity contribution < 1.29 is 22.7 Å². The molecule has 214 valence electrons. The van der Waals surface area contributed by atoms with Gasteiger partial charge in [0.2, 0.25) is 21.8 Å². The first-order valence-corrected chi connectivity index (χ1v) is 15.7. The van der Waals surface area contributed by atoms with E-state index in [0.717, 1.165) is 32.6 Å². The highest BCUT2D eigenvalue weighted by atomic mass is 79.9. The molecule has 0 saturated carbocycles. The van der Waals surface area contributed by atoms with E-state index in [4.69, 9.17) is 4.74 Å². The number of hydrogen-bond donors (Lipinski definition) is 1. The van der Waals surface area contributed by atoms with Gasteiger partial charge in [0.1, 0.15) is 18.3 Å². The molecule has 0 spiro atoms. The van der Waals surface area contributed by atoms with Crippen molar-refractivity contribution in [1.29, 1.82) is 0 Å². The van der Waals surface area contributed by atoms with E-state index in [-0.39, 0.29) is 24.9 Å². The van der Waals surface area contributed by atoms with E-state index >= 15 is 0 Å². The zero-order valence-electron chi connectivity index (χ0n) is 23.2. The lowest BCUT2D eigenvalue weighted by molar-refractivity contribution is -0.140. The molecule has 0 heterocycles. The number of rotatable bonds is 13. The molecule has 10 heteroatoms. The summed E-state index contributed by atoms with van der Waals surface area (Å²) in [4.78, 5) is 29.2. The van der Waals surface area contributed by atoms with Crippen LogP contribution in [0.5, 0.6) is 5.75 Å². The minimum Gasteiger partial charge on any atom is -0.497 e. The first kappa shape index (κ1) is 31.2. The van der Waals surface area contributed by atoms with Crippen molar-refractivity contribution in [2.24, 2.45) is 0 Å². The molecule has 40 heavy (non-hydrogen) atoms. The van der Waals surface area contributed by atoms with Gasteiger partial charge >= 0.3 is 0 Å². The van der Waals surface area contributed by atoms with E-state index in [2.05, 4.69) is 21.2 Å². The maximum atomic E-state index is 14.1. The number of ether oxygens (including phenoxy) is 1. The van der Waals surface area contributed by atoms with Gasteiger partial charge in [0, 0.05) is 23.5 Å². The summed E-state index contributed by atoms with van der Waals surface area (Å²) in [5.41, 5.74) is 2.01. The minimum absolute atomic E-state index is 0.0952. The average molecular weight is 631 g/mol. The molecule has 0 saturated heterocycles. The maximum absolute atomic E-state index is 14.1. The number of hydrogen-bond acceptors (Lipinski definition) is 5. The van der Waals surface area contributed by atoms with Crippen molar-refractivity contribution in [3.05, 3.63) is 94.5 Å². The second kappa shape index (κ2) is 14.3. The number of methoxy groups -OCH3 is 1. The molecule has 3 aromatic carbocycles. The Hall–Kier alpha value is -3.37. The number of benzene rings is 3. The summed E-state index contributed by atoms with van der Waals surface area (Å²) in [6, 6.07) is 22.4. The predicted octanol–water partition coefficient (Wildman–Crippen LogP) is 4.78. The highest BCUT2D eigenvalue weighted by Gasteiger charge is 2.33. The molecule has 8 nitrogen and oxygen atoms in total. The largest absolute Gasteiger partial charge is 0.497 e. The Morgan fingerprint density at radius 2 is 1.57 bits per heavy atom. The fourth-order valence-electron chi connectivity index (χ4n) is 4.14. The topological polar surface area (TPSA) is 96.0 Å². The fraction of sp³-hybridized carbons (Fsp3) is 0.333. The molecule has 3 aromatic rings. The van der Waals surface area contributed by atoms with Gasteiger partial charge in [-0.1, -0.05) is 65.3 Å². The van der Waals surface area contributed by atoms with Gasteiger partial charge in [-0.05, 0) is 60.9 Å². The molecule has 0 aliphatic heterocycles. The summed E-state index contributed by atoms with van der Waals surface area (Å²) >= 11 is 3.44. The van der Waals surface area contributed by atoms with E-state index in [9.17, 15) is 18.0 Å². The number of nitrogens with zero attached hydrogens (tertiary/aromatic N) is 2. The van der Waals surface area contributed by atoms with Gasteiger partial charge in [-0.15, -0.1) is 0 Å². The summed E-state index contributed by atoms with van der Waals surface area (Å²) < 4.78 is 32.8. The van der Waals surface area contributed by atoms with Crippen LogP contribution in [0.15, 0.2) is 83.3 Å². The van der Waals surface area contributed by atoms with Gasteiger partial charge in [-0.25, -0.2) is 8.42 Å². The monoisotopic (exact) mass is 629 g/mol. The van der Waals surface area contributed by atoms with Crippen LogP contribution < -0.4 is 14.4 Å². The van der Waals surface area contributed by atoms with Gasteiger partial charge in [-0.3, -0.25) is 13.9 Å². The van der Waals surface area contributed by atoms with Crippen molar-refractivity contribution in [2.45, 2.75) is 45.3 Å². The van der Waals surface area contributed by atoms with Crippen LogP contribution in [0.25, 0.3) is 0 Å². The summed E-state index contributed by atoms with van der Waals surface area (Å²) in [6.45, 7) is 3.54. The van der Waals surface area contributed by atoms with Crippen LogP contribution >= 0.6 is 15.9 Å². The number of anilines is 1. The maximum Gasteiger partial charge on any atom is 0.244 e. The van der Waals surface area contributed by atoms with Crippen LogP contribution in [0.3, 0.4) is 0 Å². The molecular weight excluding hydrogens is 594 g/mol. The van der Waals surface area contributed by atoms with Crippen LogP contribution in [0.2, 0.25) is 0 Å². The molecule has 0 aliphatic carbocycles. The Labute approximate surface area is 245 Å². The number of sulfonamides is 1. The van der Waals surface area contributed by atoms with Crippen molar-refractivity contribution >= 4 is 43.5 Å². The third-order valence-electron chi connectivity index (χ3n) is 6.58. The Kier molecular flexibility index (Phi) is 11.2. The Morgan fingerprint density at radius 3 is 2.12 bits per heavy atom. The zero-order valence-corrected chi connectivity index (χ0v) is 25.6. The standard InChI is InChI=1S/C30H36BrN3O5S/c1-5-22(2)32-30(36)28(19-23-9-7-6-8-10-23)33(20-24-11-13-25(31)14-12-24)29(35)21-34(40(4,37)38)26-15-17-27(39-3)18-16-26/h6-18,22,28H,5,19-21H2,1-4H3,(H,32,36)/t22-,28-/m1/s1. The van der Waals surface area contributed by atoms with Crippen LogP contribution in [-0.4, -0.2) is 57.1 Å². The SMILES string of the molecule is CC[C@@H](C)NC(=O)[C@@H](Cc1ccccc1)N(Cc1ccc(Br)cc1)C(=O)CN(c1ccc(OC)cc1)S(C)(=O)=O. The molecule has 0 aliphatic rings. The minimum atomic E-state index is -3.83. The zero-order chi connectivity index (χ0) is 29.3. The lowest BCUT2D eigenvalue weighted by Crippen LogP contribution is -2.54. The Bertz CT molecular complexity index is 1370. The molecule has 0 aromatic heterocycles. The molecule has 2 amide bonds. The Morgan fingerprint density at radius 1 is 0.950 bits per heavy atom. The fourth-order valence-corrected chi connectivity index (χ4v) is 5.26. The first-order valence-electron chi connectivity index (χ1n) is 13.0. The van der Waals surface area contributed by atoms with Crippen molar-refractivity contribution in [1.82, 2.24) is 10.2 Å². The van der Waals surface area contributed by atoms with Gasteiger partial charge < -0.3 is 15.0 Å². The Balaban J connectivity index is 2.04. The normalized spacial score (nSPS) is 12.7. The highest BCUT2D eigenvalue weighted by molar-refractivity contribution is 9.10. The molecule has 0 fully saturated rings. The van der Waals surface area contributed by atoms with Gasteiger partial charge in [0.25, 0.3) is 0 Å². The second-order valence-electron chi connectivity index (χ2n) is 9.64. The molecule has 0 radical (unpaired) electrons. The summed E-state index contributed by atoms with van der Waals surface area (Å²) in [7, 11) is -2.32. The summed E-state index contributed by atoms with van der Waals surface area (Å²) in [5.74, 6) is -0.228. The predicted molar refractivity (Wildman–Crippen MR) is 162 cm³/mol. The van der Waals surface area contributed by atoms with Crippen LogP contribution in [0.1, 0.15) is 31.4 Å².